The Hall–Kier alpha value is -2.39. The second kappa shape index (κ2) is 30.7. The van der Waals surface area contributed by atoms with Crippen LogP contribution in [0.4, 0.5) is 0 Å². The van der Waals surface area contributed by atoms with E-state index in [2.05, 4.69) is 0 Å². The van der Waals surface area contributed by atoms with Crippen LogP contribution in [0.3, 0.4) is 0 Å². The fourth-order valence-electron chi connectivity index (χ4n) is 2.83. The van der Waals surface area contributed by atoms with Crippen LogP contribution in [0.15, 0.2) is 0 Å². The molecule has 0 saturated carbocycles. The third-order valence-corrected chi connectivity index (χ3v) is 5.11. The van der Waals surface area contributed by atoms with Gasteiger partial charge in [0.15, 0.2) is 16.8 Å². The monoisotopic (exact) mass is 1180 g/mol. The van der Waals surface area contributed by atoms with Crippen LogP contribution >= 0.6 is 0 Å². The van der Waals surface area contributed by atoms with E-state index >= 15 is 0 Å². The molecule has 0 amide bonds. The van der Waals surface area contributed by atoms with E-state index in [1.165, 1.54) is 0 Å². The number of carboxylic acid groups (broad SMARTS) is 12. The van der Waals surface area contributed by atoms with Crippen molar-refractivity contribution in [2.24, 2.45) is 0 Å². The van der Waals surface area contributed by atoms with Gasteiger partial charge in [-0.15, -0.1) is 0 Å². The van der Waals surface area contributed by atoms with Crippen LogP contribution < -0.4 is 15.3 Å². The second-order valence-corrected chi connectivity index (χ2v) is 9.85. The van der Waals surface area contributed by atoms with Crippen molar-refractivity contribution in [2.45, 2.75) is 73.8 Å². The molecule has 0 saturated heterocycles. The number of hydrogen-bond donors (Lipinski definition) is 13. The van der Waals surface area contributed by atoms with Gasteiger partial charge in [0, 0.05) is 150 Å². The maximum atomic E-state index is 10.3. The SMILES string of the molecule is O=C(O)CC(O)(CC(=O)O)C(=O)O.O=C(O)CC(O)(CC(=O)O)C(=O)O.O=C(O)CC(O)(CC(=O)O)C(=O)O.O=C([O-])CC(O)(CC(=O)[O-])C(=O)[O-].[Ce].[Ce].[Ce]. The Morgan fingerprint density at radius 3 is 0.527 bits per heavy atom. The molecule has 0 atom stereocenters. The van der Waals surface area contributed by atoms with Crippen LogP contribution in [-0.4, -0.2) is 160 Å². The van der Waals surface area contributed by atoms with E-state index in [1.807, 2.05) is 0 Å². The number of rotatable bonds is 20. The number of aliphatic carboxylic acids is 12. The number of carbonyl (C=O) groups excluding carboxylic acids is 3. The Kier molecular flexibility index (Phi) is 37.6. The molecule has 0 aliphatic rings. The molecule has 13 N–H and O–H groups in total. The molecule has 0 aromatic carbocycles. The van der Waals surface area contributed by atoms with Gasteiger partial charge in [0.05, 0.1) is 44.5 Å². The molecule has 0 aliphatic carbocycles. The van der Waals surface area contributed by atoms with Gasteiger partial charge in [0.1, 0.15) is 5.60 Å². The first kappa shape index (κ1) is 67.4. The van der Waals surface area contributed by atoms with Crippen molar-refractivity contribution in [2.75, 3.05) is 0 Å². The zero-order chi connectivity index (χ0) is 42.6. The first-order valence-electron chi connectivity index (χ1n) is 12.6. The fourth-order valence-corrected chi connectivity index (χ4v) is 2.83. The van der Waals surface area contributed by atoms with Gasteiger partial charge in [-0.25, -0.2) is 14.4 Å². The van der Waals surface area contributed by atoms with Crippen LogP contribution in [-0.2, 0) is 57.5 Å². The maximum Gasteiger partial charge on any atom is 0.336 e. The van der Waals surface area contributed by atoms with Crippen LogP contribution in [0.1, 0.15) is 51.4 Å². The summed E-state index contributed by atoms with van der Waals surface area (Å²) in [5.41, 5.74) is -11.2. The number of carbonyl (C=O) groups is 12. The second-order valence-electron chi connectivity index (χ2n) is 9.85. The van der Waals surface area contributed by atoms with E-state index in [4.69, 9.17) is 66.4 Å². The predicted octanol–water partition coefficient (Wildman–Crippen LogP) is -9.00. The predicted molar refractivity (Wildman–Crippen MR) is 140 cm³/mol. The van der Waals surface area contributed by atoms with Gasteiger partial charge in [-0.1, -0.05) is 0 Å². The molecule has 308 valence electrons. The molecular formula is C24H29Ce3O28-3. The summed E-state index contributed by atoms with van der Waals surface area (Å²) >= 11 is 0. The standard InChI is InChI=1S/4C6H8O7.3Ce/c4*7-3(8)1-6(13,5(11)12)2-4(9)10;;;/h4*13H,1-2H2,(H,7,8)(H,9,10)(H,11,12);;;/p-3. The fraction of sp³-hybridized carbons (Fsp3) is 0.500. The van der Waals surface area contributed by atoms with Crippen molar-refractivity contribution in [1.29, 1.82) is 0 Å². The Morgan fingerprint density at radius 2 is 0.455 bits per heavy atom. The average molecular weight is 1190 g/mol. The summed E-state index contributed by atoms with van der Waals surface area (Å²) in [5, 5.41) is 140. The first-order chi connectivity index (χ1) is 23.1. The van der Waals surface area contributed by atoms with Crippen molar-refractivity contribution in [3.63, 3.8) is 0 Å². The molecule has 0 aromatic heterocycles. The van der Waals surface area contributed by atoms with E-state index in [0.29, 0.717) is 0 Å². The molecule has 0 spiro atoms. The summed E-state index contributed by atoms with van der Waals surface area (Å²) in [6.07, 6.45) is -9.58. The zero-order valence-electron chi connectivity index (χ0n) is 27.1. The minimum absolute atomic E-state index is 0. The van der Waals surface area contributed by atoms with Gasteiger partial charge in [0.25, 0.3) is 0 Å². The van der Waals surface area contributed by atoms with Crippen molar-refractivity contribution < 1.29 is 264 Å². The summed E-state index contributed by atoms with van der Waals surface area (Å²) in [4.78, 5) is 121. The maximum absolute atomic E-state index is 10.3. The average Bonchev–Trinajstić information content (AvgIpc) is 2.85. The largest absolute Gasteiger partial charge is 0.550 e. The van der Waals surface area contributed by atoms with Gasteiger partial charge in [0.2, 0.25) is 0 Å². The molecule has 28 nitrogen and oxygen atoms in total. The van der Waals surface area contributed by atoms with Gasteiger partial charge in [-0.2, -0.15) is 0 Å². The first-order valence-corrected chi connectivity index (χ1v) is 12.6. The van der Waals surface area contributed by atoms with E-state index in [9.17, 15) is 72.9 Å². The summed E-state index contributed by atoms with van der Waals surface area (Å²) in [6.45, 7) is 0. The van der Waals surface area contributed by atoms with E-state index in [0.717, 1.165) is 0 Å². The molecule has 0 radical (unpaired) electrons. The van der Waals surface area contributed by atoms with E-state index < -0.39 is 145 Å². The third-order valence-electron chi connectivity index (χ3n) is 5.11. The quantitative estimate of drug-likeness (QED) is 0.0538. The normalized spacial score (nSPS) is 10.3. The Labute approximate surface area is 404 Å². The van der Waals surface area contributed by atoms with Gasteiger partial charge < -0.3 is 96.1 Å². The van der Waals surface area contributed by atoms with Crippen LogP contribution in [0.2, 0.25) is 0 Å². The summed E-state index contributed by atoms with van der Waals surface area (Å²) < 4.78 is 0. The van der Waals surface area contributed by atoms with Crippen molar-refractivity contribution in [3.8, 4) is 0 Å². The van der Waals surface area contributed by atoms with E-state index in [-0.39, 0.29) is 125 Å². The molecule has 0 heterocycles. The van der Waals surface area contributed by atoms with E-state index in [1.54, 1.807) is 0 Å². The molecule has 0 aliphatic heterocycles. The topological polar surface area (TPSA) is 537 Å². The zero-order valence-corrected chi connectivity index (χ0v) is 36.5. The summed E-state index contributed by atoms with van der Waals surface area (Å²) in [7, 11) is 0. The molecule has 31 heteroatoms. The summed E-state index contributed by atoms with van der Waals surface area (Å²) in [6, 6.07) is 0. The Bertz CT molecular complexity index is 1130. The third kappa shape index (κ3) is 33.5. The van der Waals surface area contributed by atoms with Gasteiger partial charge in [-0.3, -0.25) is 28.8 Å². The molecule has 55 heavy (non-hydrogen) atoms. The van der Waals surface area contributed by atoms with Crippen LogP contribution in [0.25, 0.3) is 0 Å². The van der Waals surface area contributed by atoms with Crippen LogP contribution in [0.5, 0.6) is 0 Å². The molecule has 0 fully saturated rings. The van der Waals surface area contributed by atoms with Crippen molar-refractivity contribution >= 4 is 71.6 Å². The minimum Gasteiger partial charge on any atom is -0.550 e. The van der Waals surface area contributed by atoms with Gasteiger partial charge in [-0.05, 0) is 0 Å². The molecule has 0 bridgehead atoms. The molecular weight excluding hydrogens is 1160 g/mol. The minimum atomic E-state index is -2.97. The molecule has 0 rings (SSSR count). The van der Waals surface area contributed by atoms with Gasteiger partial charge >= 0.3 is 53.7 Å². The summed E-state index contributed by atoms with van der Waals surface area (Å²) in [5.74, 6) is -21.0. The molecule has 0 unspecified atom stereocenters. The van der Waals surface area contributed by atoms with Crippen molar-refractivity contribution in [1.82, 2.24) is 0 Å². The Balaban J connectivity index is -0.000000110. The number of hydrogen-bond acceptors (Lipinski definition) is 19. The Morgan fingerprint density at radius 1 is 0.309 bits per heavy atom. The van der Waals surface area contributed by atoms with Crippen LogP contribution in [0, 0.1) is 125 Å². The number of aliphatic hydroxyl groups is 4. The van der Waals surface area contributed by atoms with Crippen molar-refractivity contribution in [3.05, 3.63) is 0 Å². The number of carboxylic acids is 12. The smallest absolute Gasteiger partial charge is 0.336 e. The molecule has 0 aromatic rings.